The predicted molar refractivity (Wildman–Crippen MR) is 89.8 cm³/mol. The number of anilines is 1. The molecular weight excluding hydrogens is 312 g/mol. The molecule has 0 aliphatic carbocycles. The predicted octanol–water partition coefficient (Wildman–Crippen LogP) is 2.63. The van der Waals surface area contributed by atoms with Crippen LogP contribution in [0.25, 0.3) is 0 Å². The average molecular weight is 335 g/mol. The van der Waals surface area contributed by atoms with E-state index in [1.165, 1.54) is 6.07 Å². The van der Waals surface area contributed by atoms with Crippen molar-refractivity contribution in [2.75, 3.05) is 31.5 Å². The molecule has 0 spiro atoms. The number of benzene rings is 1. The summed E-state index contributed by atoms with van der Waals surface area (Å²) < 4.78 is 26.2. The van der Waals surface area contributed by atoms with Crippen molar-refractivity contribution in [1.82, 2.24) is 9.80 Å². The van der Waals surface area contributed by atoms with Gasteiger partial charge < -0.3 is 5.32 Å². The molecule has 0 aromatic heterocycles. The largest absolute Gasteiger partial charge is 0.325 e. The van der Waals surface area contributed by atoms with Crippen LogP contribution in [-0.2, 0) is 4.79 Å². The summed E-state index contributed by atoms with van der Waals surface area (Å²) in [7, 11) is 0. The molecule has 1 amide bonds. The van der Waals surface area contributed by atoms with Gasteiger partial charge in [0.25, 0.3) is 0 Å². The molecule has 3 rings (SSSR count). The van der Waals surface area contributed by atoms with Gasteiger partial charge in [-0.05, 0) is 31.9 Å². The van der Waals surface area contributed by atoms with Crippen molar-refractivity contribution in [2.45, 2.75) is 31.8 Å². The Labute approximate surface area is 141 Å². The topological polar surface area (TPSA) is 35.6 Å². The van der Waals surface area contributed by atoms with E-state index in [2.05, 4.69) is 27.3 Å². The number of halogens is 2. The van der Waals surface area contributed by atoms with E-state index in [4.69, 9.17) is 0 Å². The van der Waals surface area contributed by atoms with Gasteiger partial charge in [-0.2, -0.15) is 0 Å². The molecular formula is C18H23F2N3O. The maximum atomic E-state index is 13.2. The van der Waals surface area contributed by atoms with Crippen LogP contribution in [0.15, 0.2) is 30.4 Å². The molecule has 1 atom stereocenters. The molecule has 130 valence electrons. The van der Waals surface area contributed by atoms with Crippen LogP contribution in [0, 0.1) is 11.6 Å². The summed E-state index contributed by atoms with van der Waals surface area (Å²) in [5, 5.41) is 2.67. The molecule has 1 aromatic carbocycles. The van der Waals surface area contributed by atoms with E-state index >= 15 is 0 Å². The van der Waals surface area contributed by atoms with Crippen LogP contribution in [0.3, 0.4) is 0 Å². The highest BCUT2D eigenvalue weighted by Crippen LogP contribution is 2.21. The summed E-state index contributed by atoms with van der Waals surface area (Å²) in [6.07, 6.45) is 6.49. The van der Waals surface area contributed by atoms with Crippen LogP contribution in [0.1, 0.15) is 19.8 Å². The molecule has 2 heterocycles. The minimum Gasteiger partial charge on any atom is -0.325 e. The van der Waals surface area contributed by atoms with Crippen LogP contribution in [-0.4, -0.2) is 54.0 Å². The van der Waals surface area contributed by atoms with Crippen molar-refractivity contribution in [3.05, 3.63) is 42.0 Å². The smallest absolute Gasteiger partial charge is 0.241 e. The average Bonchev–Trinajstić information content (AvgIpc) is 3.12. The van der Waals surface area contributed by atoms with Crippen molar-refractivity contribution in [2.24, 2.45) is 0 Å². The molecule has 0 unspecified atom stereocenters. The number of carbonyl (C=O) groups excluding carboxylic acids is 1. The van der Waals surface area contributed by atoms with Crippen molar-refractivity contribution in [3.8, 4) is 0 Å². The Morgan fingerprint density at radius 3 is 2.46 bits per heavy atom. The molecule has 1 fully saturated rings. The Kier molecular flexibility index (Phi) is 5.26. The zero-order valence-electron chi connectivity index (χ0n) is 13.8. The number of carbonyl (C=O) groups is 1. The molecule has 4 nitrogen and oxygen atoms in total. The Morgan fingerprint density at radius 1 is 1.17 bits per heavy atom. The second kappa shape index (κ2) is 7.40. The summed E-state index contributed by atoms with van der Waals surface area (Å²) in [4.78, 5) is 17.0. The van der Waals surface area contributed by atoms with Crippen LogP contribution in [0.2, 0.25) is 0 Å². The van der Waals surface area contributed by atoms with Gasteiger partial charge in [0.15, 0.2) is 11.6 Å². The monoisotopic (exact) mass is 335 g/mol. The second-order valence-corrected chi connectivity index (χ2v) is 6.49. The van der Waals surface area contributed by atoms with Crippen LogP contribution >= 0.6 is 0 Å². The molecule has 1 aromatic rings. The molecule has 1 saturated heterocycles. The Bertz CT molecular complexity index is 619. The number of nitrogens with zero attached hydrogens (tertiary/aromatic N) is 2. The number of hydrogen-bond acceptors (Lipinski definition) is 3. The van der Waals surface area contributed by atoms with Crippen LogP contribution in [0.4, 0.5) is 14.5 Å². The van der Waals surface area contributed by atoms with Gasteiger partial charge in [-0.1, -0.05) is 12.2 Å². The van der Waals surface area contributed by atoms with Gasteiger partial charge in [0, 0.05) is 44.0 Å². The fourth-order valence-corrected chi connectivity index (χ4v) is 3.42. The minimum absolute atomic E-state index is 0.192. The first-order valence-corrected chi connectivity index (χ1v) is 8.43. The molecule has 24 heavy (non-hydrogen) atoms. The SMILES string of the molecule is C[C@H](C(=O)Nc1ccc(F)c(F)c1)N1CCC(N2CC=CC2)CC1. The van der Waals surface area contributed by atoms with E-state index in [-0.39, 0.29) is 17.6 Å². The van der Waals surface area contributed by atoms with E-state index in [0.29, 0.717) is 6.04 Å². The highest BCUT2D eigenvalue weighted by molar-refractivity contribution is 5.94. The quantitative estimate of drug-likeness (QED) is 0.859. The summed E-state index contributed by atoms with van der Waals surface area (Å²) in [5.74, 6) is -2.07. The molecule has 6 heteroatoms. The number of hydrogen-bond donors (Lipinski definition) is 1. The lowest BCUT2D eigenvalue weighted by Gasteiger charge is -2.38. The lowest BCUT2D eigenvalue weighted by atomic mass is 10.0. The zero-order chi connectivity index (χ0) is 17.1. The van der Waals surface area contributed by atoms with E-state index in [1.54, 1.807) is 0 Å². The third-order valence-corrected chi connectivity index (χ3v) is 4.98. The zero-order valence-corrected chi connectivity index (χ0v) is 13.8. The molecule has 0 bridgehead atoms. The highest BCUT2D eigenvalue weighted by Gasteiger charge is 2.29. The third-order valence-electron chi connectivity index (χ3n) is 4.98. The van der Waals surface area contributed by atoms with E-state index < -0.39 is 11.6 Å². The molecule has 0 saturated carbocycles. The highest BCUT2D eigenvalue weighted by atomic mass is 19.2. The standard InChI is InChI=1S/C18H23F2N3O/c1-13(18(24)21-14-4-5-16(19)17(20)12-14)22-10-6-15(7-11-22)23-8-2-3-9-23/h2-5,12-13,15H,6-11H2,1H3,(H,21,24)/t13-/m1/s1. The molecule has 2 aliphatic heterocycles. The fraction of sp³-hybridized carbons (Fsp3) is 0.500. The summed E-state index contributed by atoms with van der Waals surface area (Å²) in [6.45, 7) is 5.64. The number of likely N-dealkylation sites (tertiary alicyclic amines) is 1. The maximum absolute atomic E-state index is 13.2. The summed E-state index contributed by atoms with van der Waals surface area (Å²) in [6, 6.07) is 3.68. The normalized spacial score (nSPS) is 21.1. The first-order chi connectivity index (χ1) is 11.5. The Hall–Kier alpha value is -1.79. The number of nitrogens with one attached hydrogen (secondary N) is 1. The van der Waals surface area contributed by atoms with Gasteiger partial charge in [0.05, 0.1) is 6.04 Å². The van der Waals surface area contributed by atoms with Gasteiger partial charge in [0.2, 0.25) is 5.91 Å². The number of amides is 1. The molecule has 2 aliphatic rings. The molecule has 0 radical (unpaired) electrons. The third kappa shape index (κ3) is 3.82. The van der Waals surface area contributed by atoms with Crippen LogP contribution in [0.5, 0.6) is 0 Å². The fourth-order valence-electron chi connectivity index (χ4n) is 3.42. The lowest BCUT2D eigenvalue weighted by Crippen LogP contribution is -2.50. The van der Waals surface area contributed by atoms with Gasteiger partial charge in [-0.3, -0.25) is 14.6 Å². The first kappa shape index (κ1) is 17.0. The lowest BCUT2D eigenvalue weighted by molar-refractivity contribution is -0.121. The van der Waals surface area contributed by atoms with Gasteiger partial charge in [0.1, 0.15) is 0 Å². The second-order valence-electron chi connectivity index (χ2n) is 6.49. The summed E-state index contributed by atoms with van der Waals surface area (Å²) >= 11 is 0. The Balaban J connectivity index is 1.51. The van der Waals surface area contributed by atoms with Gasteiger partial charge in [-0.25, -0.2) is 8.78 Å². The van der Waals surface area contributed by atoms with Crippen molar-refractivity contribution in [1.29, 1.82) is 0 Å². The van der Waals surface area contributed by atoms with E-state index in [9.17, 15) is 13.6 Å². The van der Waals surface area contributed by atoms with Crippen molar-refractivity contribution >= 4 is 11.6 Å². The van der Waals surface area contributed by atoms with Crippen LogP contribution < -0.4 is 5.32 Å². The van der Waals surface area contributed by atoms with Crippen molar-refractivity contribution in [3.63, 3.8) is 0 Å². The molecule has 1 N–H and O–H groups in total. The number of rotatable bonds is 4. The summed E-state index contributed by atoms with van der Waals surface area (Å²) in [5.41, 5.74) is 0.281. The maximum Gasteiger partial charge on any atom is 0.241 e. The van der Waals surface area contributed by atoms with E-state index in [0.717, 1.165) is 51.2 Å². The van der Waals surface area contributed by atoms with Gasteiger partial charge in [-0.15, -0.1) is 0 Å². The van der Waals surface area contributed by atoms with Crippen molar-refractivity contribution < 1.29 is 13.6 Å². The number of piperidine rings is 1. The van der Waals surface area contributed by atoms with E-state index in [1.807, 2.05) is 6.92 Å². The minimum atomic E-state index is -0.958. The first-order valence-electron chi connectivity index (χ1n) is 8.43. The van der Waals surface area contributed by atoms with Gasteiger partial charge >= 0.3 is 0 Å². The Morgan fingerprint density at radius 2 is 1.83 bits per heavy atom.